The molecule has 9 aromatic rings. The summed E-state index contributed by atoms with van der Waals surface area (Å²) >= 11 is 1.77. The first-order valence-electron chi connectivity index (χ1n) is 20.7. The van der Waals surface area contributed by atoms with Gasteiger partial charge in [0.25, 0.3) is 0 Å². The Kier molecular flexibility index (Phi) is 6.40. The summed E-state index contributed by atoms with van der Waals surface area (Å²) in [5, 5.41) is 2.17. The summed E-state index contributed by atoms with van der Waals surface area (Å²) in [7, 11) is 0. The van der Waals surface area contributed by atoms with Crippen LogP contribution >= 0.6 is 11.3 Å². The van der Waals surface area contributed by atoms with Crippen LogP contribution in [0.15, 0.2) is 182 Å². The molecule has 0 saturated carbocycles. The third kappa shape index (κ3) is 5.58. The minimum Gasteiger partial charge on any atom is -0.254 e. The van der Waals surface area contributed by atoms with Crippen LogP contribution in [0.3, 0.4) is 0 Å². The number of allylic oxidation sites excluding steroid dienone is 4. The first-order chi connectivity index (χ1) is 28.8. The molecule has 0 N–H and O–H groups in total. The molecule has 0 saturated heterocycles. The van der Waals surface area contributed by atoms with Crippen LogP contribution < -0.4 is 0 Å². The highest BCUT2D eigenvalue weighted by molar-refractivity contribution is 7.18. The van der Waals surface area contributed by atoms with Crippen LogP contribution in [0.25, 0.3) is 87.7 Å². The number of nitrogens with zero attached hydrogens (tertiary/aromatic N) is 2. The van der Waals surface area contributed by atoms with E-state index in [1.807, 2.05) is 54.6 Å². The van der Waals surface area contributed by atoms with Crippen LogP contribution in [0.2, 0.25) is 0 Å². The molecule has 1 aliphatic carbocycles. The smallest absolute Gasteiger partial charge is 0.0972 e. The molecular weight excluding hydrogens is 661 g/mol. The van der Waals surface area contributed by atoms with Gasteiger partial charge in [0.1, 0.15) is 0 Å². The van der Waals surface area contributed by atoms with Gasteiger partial charge in [-0.25, -0.2) is 4.98 Å². The predicted octanol–water partition coefficient (Wildman–Crippen LogP) is 13.9. The van der Waals surface area contributed by atoms with Gasteiger partial charge in [0.05, 0.1) is 25.0 Å². The fraction of sp³-hybridized carbons (Fsp3) is 0.0400. The molecule has 250 valence electrons. The minimum atomic E-state index is -0.394. The minimum absolute atomic E-state index is 0.0996. The molecule has 0 atom stereocenters. The number of thiophene rings is 1. The predicted molar refractivity (Wildman–Crippen MR) is 226 cm³/mol. The quantitative estimate of drug-likeness (QED) is 0.161. The van der Waals surface area contributed by atoms with E-state index in [1.54, 1.807) is 23.6 Å². The fourth-order valence-electron chi connectivity index (χ4n) is 7.48. The number of benzene rings is 6. The van der Waals surface area contributed by atoms with Gasteiger partial charge in [-0.05, 0) is 69.1 Å². The second-order valence-corrected chi connectivity index (χ2v) is 14.2. The molecule has 0 fully saturated rings. The standard InChI is InChI=1S/C50H34N2S/c1-4-13-34(14-5-1)45-46(35-15-6-2-7-16-35)50(53-49(45)38-17-8-3-9-18-38)39-26-22-33(23-27-39)40-29-30-43(42-21-11-10-20-41(40)42)44-31-28-37-25-24-36-19-12-32-51-47(36)48(37)52-44/h1-22,24-26,28-32H,23,27H2/i10D,11D,20D,21D,29D,30D. The SMILES string of the molecule is [2H]c1c([2H])c([2H])c2c(-c3ccc4ccc5cccnc5c4n3)c([2H])c([2H])c(C3=CC=C(c4sc(-c5ccccc5)c(-c5ccccc5)c4-c4ccccc4)CC3)c2c1[2H]. The molecular formula is C50H34N2S. The fourth-order valence-corrected chi connectivity index (χ4v) is 8.88. The molecule has 3 aromatic heterocycles. The highest BCUT2D eigenvalue weighted by atomic mass is 32.1. The first-order valence-corrected chi connectivity index (χ1v) is 18.5. The number of pyridine rings is 2. The van der Waals surface area contributed by atoms with Crippen LogP contribution in [0.1, 0.15) is 31.5 Å². The van der Waals surface area contributed by atoms with Crippen molar-refractivity contribution in [3.05, 3.63) is 192 Å². The molecule has 3 heterocycles. The van der Waals surface area contributed by atoms with Crippen molar-refractivity contribution in [3.8, 4) is 44.0 Å². The molecule has 6 aromatic carbocycles. The molecule has 53 heavy (non-hydrogen) atoms. The molecule has 0 radical (unpaired) electrons. The number of aromatic nitrogens is 2. The molecule has 0 aliphatic heterocycles. The van der Waals surface area contributed by atoms with Gasteiger partial charge < -0.3 is 0 Å². The van der Waals surface area contributed by atoms with Crippen LogP contribution in [-0.2, 0) is 0 Å². The van der Waals surface area contributed by atoms with Crippen LogP contribution in [-0.4, -0.2) is 9.97 Å². The van der Waals surface area contributed by atoms with E-state index in [0.29, 0.717) is 35.1 Å². The number of hydrogen-bond acceptors (Lipinski definition) is 3. The summed E-state index contributed by atoms with van der Waals surface area (Å²) in [4.78, 5) is 11.9. The molecule has 0 spiro atoms. The molecule has 2 nitrogen and oxygen atoms in total. The van der Waals surface area contributed by atoms with Crippen molar-refractivity contribution >= 4 is 55.1 Å². The lowest BCUT2D eigenvalue weighted by molar-refractivity contribution is 1.08. The molecule has 0 bridgehead atoms. The van der Waals surface area contributed by atoms with Crippen molar-refractivity contribution in [2.45, 2.75) is 12.8 Å². The molecule has 3 heteroatoms. The zero-order valence-electron chi connectivity index (χ0n) is 34.6. The lowest BCUT2D eigenvalue weighted by atomic mass is 9.86. The molecule has 10 rings (SSSR count). The Bertz CT molecular complexity index is 3210. The summed E-state index contributed by atoms with van der Waals surface area (Å²) in [6.45, 7) is 0. The monoisotopic (exact) mass is 700 g/mol. The number of hydrogen-bond donors (Lipinski definition) is 0. The Morgan fingerprint density at radius 2 is 1.06 bits per heavy atom. The lowest BCUT2D eigenvalue weighted by Crippen LogP contribution is -1.96. The first kappa shape index (κ1) is 25.5. The summed E-state index contributed by atoms with van der Waals surface area (Å²) in [6.07, 6.45) is 6.92. The summed E-state index contributed by atoms with van der Waals surface area (Å²) in [5.74, 6) is 0. The van der Waals surface area contributed by atoms with E-state index in [-0.39, 0.29) is 46.5 Å². The largest absolute Gasteiger partial charge is 0.254 e. The lowest BCUT2D eigenvalue weighted by Gasteiger charge is -2.19. The van der Waals surface area contributed by atoms with Gasteiger partial charge in [-0.3, -0.25) is 4.98 Å². The average Bonchev–Trinajstić information content (AvgIpc) is 3.70. The van der Waals surface area contributed by atoms with E-state index in [4.69, 9.17) is 7.73 Å². The van der Waals surface area contributed by atoms with E-state index in [2.05, 4.69) is 83.9 Å². The Morgan fingerprint density at radius 1 is 0.491 bits per heavy atom. The van der Waals surface area contributed by atoms with Crippen LogP contribution in [0, 0.1) is 0 Å². The third-order valence-electron chi connectivity index (χ3n) is 10.0. The van der Waals surface area contributed by atoms with Gasteiger partial charge in [-0.2, -0.15) is 0 Å². The second-order valence-electron chi connectivity index (χ2n) is 13.2. The van der Waals surface area contributed by atoms with E-state index in [9.17, 15) is 5.48 Å². The van der Waals surface area contributed by atoms with E-state index < -0.39 is 6.04 Å². The van der Waals surface area contributed by atoms with Gasteiger partial charge in [0.15, 0.2) is 0 Å². The zero-order chi connectivity index (χ0) is 40.4. The average molecular weight is 701 g/mol. The maximum atomic E-state index is 9.53. The number of rotatable bonds is 6. The Balaban J connectivity index is 1.19. The summed E-state index contributed by atoms with van der Waals surface area (Å²) in [5.41, 5.74) is 9.83. The topological polar surface area (TPSA) is 25.8 Å². The van der Waals surface area contributed by atoms with E-state index in [0.717, 1.165) is 49.0 Å². The van der Waals surface area contributed by atoms with Crippen LogP contribution in [0.4, 0.5) is 0 Å². The third-order valence-corrected chi connectivity index (χ3v) is 11.3. The Labute approximate surface area is 321 Å². The maximum Gasteiger partial charge on any atom is 0.0972 e. The zero-order valence-corrected chi connectivity index (χ0v) is 29.4. The van der Waals surface area contributed by atoms with Crippen molar-refractivity contribution in [3.63, 3.8) is 0 Å². The van der Waals surface area contributed by atoms with E-state index >= 15 is 0 Å². The summed E-state index contributed by atoms with van der Waals surface area (Å²) < 4.78 is 54.9. The van der Waals surface area contributed by atoms with E-state index in [1.165, 1.54) is 10.4 Å². The molecule has 0 unspecified atom stereocenters. The normalized spacial score (nSPS) is 14.6. The van der Waals surface area contributed by atoms with Crippen molar-refractivity contribution in [2.24, 2.45) is 0 Å². The number of fused-ring (bicyclic) bond motifs is 4. The van der Waals surface area contributed by atoms with Crippen molar-refractivity contribution in [1.82, 2.24) is 9.97 Å². The molecule has 0 amide bonds. The van der Waals surface area contributed by atoms with Crippen LogP contribution in [0.5, 0.6) is 0 Å². The van der Waals surface area contributed by atoms with Gasteiger partial charge in [-0.15, -0.1) is 11.3 Å². The van der Waals surface area contributed by atoms with Gasteiger partial charge in [0.2, 0.25) is 0 Å². The Hall–Kier alpha value is -6.42. The van der Waals surface area contributed by atoms with Crippen molar-refractivity contribution in [1.29, 1.82) is 0 Å². The van der Waals surface area contributed by atoms with Gasteiger partial charge in [0, 0.05) is 43.4 Å². The second kappa shape index (κ2) is 13.3. The summed E-state index contributed by atoms with van der Waals surface area (Å²) in [6, 6.07) is 41.4. The van der Waals surface area contributed by atoms with Crippen molar-refractivity contribution < 1.29 is 8.22 Å². The van der Waals surface area contributed by atoms with Gasteiger partial charge >= 0.3 is 0 Å². The highest BCUT2D eigenvalue weighted by Gasteiger charge is 2.25. The van der Waals surface area contributed by atoms with Crippen molar-refractivity contribution in [2.75, 3.05) is 0 Å². The molecule has 1 aliphatic rings. The van der Waals surface area contributed by atoms with Gasteiger partial charge in [-0.1, -0.05) is 164 Å². The highest BCUT2D eigenvalue weighted by Crippen LogP contribution is 2.52. The maximum absolute atomic E-state index is 9.53. The Morgan fingerprint density at radius 3 is 1.74 bits per heavy atom.